The van der Waals surface area contributed by atoms with Crippen molar-refractivity contribution in [1.82, 2.24) is 4.90 Å². The second kappa shape index (κ2) is 13.3. The number of ether oxygens (including phenoxy) is 3. The molecule has 0 aliphatic heterocycles. The highest BCUT2D eigenvalue weighted by atomic mass is 19.4. The molecule has 3 aromatic rings. The highest BCUT2D eigenvalue weighted by Crippen LogP contribution is 2.38. The first-order chi connectivity index (χ1) is 18.7. The number of carbonyl (C=O) groups is 1. The molecule has 0 spiro atoms. The largest absolute Gasteiger partial charge is 0.496 e. The summed E-state index contributed by atoms with van der Waals surface area (Å²) >= 11 is 0. The number of nitriles is 1. The third-order valence-electron chi connectivity index (χ3n) is 5.75. The fraction of sp³-hybridized carbons (Fsp3) is 0.276. The molecule has 0 fully saturated rings. The van der Waals surface area contributed by atoms with Gasteiger partial charge in [-0.1, -0.05) is 30.3 Å². The summed E-state index contributed by atoms with van der Waals surface area (Å²) in [4.78, 5) is 17.4. The van der Waals surface area contributed by atoms with E-state index < -0.39 is 17.7 Å². The molecule has 7 nitrogen and oxygen atoms in total. The molecule has 0 aromatic heterocycles. The maximum atomic E-state index is 13.7. The second-order valence-electron chi connectivity index (χ2n) is 8.31. The number of para-hydroxylation sites is 1. The molecule has 204 valence electrons. The van der Waals surface area contributed by atoms with Gasteiger partial charge in [0.2, 0.25) is 6.19 Å². The molecule has 0 amide bonds. The van der Waals surface area contributed by atoms with E-state index in [1.807, 2.05) is 0 Å². The average molecular weight is 540 g/mol. The Morgan fingerprint density at radius 2 is 1.77 bits per heavy atom. The van der Waals surface area contributed by atoms with Crippen molar-refractivity contribution in [3.63, 3.8) is 0 Å². The molecule has 0 saturated heterocycles. The van der Waals surface area contributed by atoms with E-state index in [2.05, 4.69) is 4.99 Å². The predicted octanol–water partition coefficient (Wildman–Crippen LogP) is 6.22. The van der Waals surface area contributed by atoms with Crippen LogP contribution < -0.4 is 9.47 Å². The summed E-state index contributed by atoms with van der Waals surface area (Å²) in [5.41, 5.74) is 1.03. The van der Waals surface area contributed by atoms with Gasteiger partial charge in [0, 0.05) is 18.7 Å². The van der Waals surface area contributed by atoms with Gasteiger partial charge in [-0.2, -0.15) is 18.4 Å². The Hall–Kier alpha value is -4.52. The third kappa shape index (κ3) is 7.74. The lowest BCUT2D eigenvalue weighted by atomic mass is 9.94. The van der Waals surface area contributed by atoms with Gasteiger partial charge >= 0.3 is 18.2 Å². The molecule has 3 aromatic carbocycles. The van der Waals surface area contributed by atoms with Gasteiger partial charge in [-0.05, 0) is 66.9 Å². The van der Waals surface area contributed by atoms with Crippen molar-refractivity contribution in [3.8, 4) is 28.8 Å². The van der Waals surface area contributed by atoms with Crippen LogP contribution in [0.25, 0.3) is 11.1 Å². The van der Waals surface area contributed by atoms with E-state index in [0.717, 1.165) is 12.1 Å². The fourth-order valence-corrected chi connectivity index (χ4v) is 3.93. The van der Waals surface area contributed by atoms with Crippen LogP contribution in [0.2, 0.25) is 0 Å². The molecule has 0 atom stereocenters. The quantitative estimate of drug-likeness (QED) is 0.139. The van der Waals surface area contributed by atoms with Crippen molar-refractivity contribution in [2.24, 2.45) is 4.99 Å². The maximum absolute atomic E-state index is 13.7. The number of carbonyl (C=O) groups excluding carboxylic acids is 1. The lowest BCUT2D eigenvalue weighted by Gasteiger charge is -2.25. The zero-order valence-corrected chi connectivity index (χ0v) is 21.8. The van der Waals surface area contributed by atoms with Gasteiger partial charge in [0.05, 0.1) is 25.7 Å². The number of esters is 1. The summed E-state index contributed by atoms with van der Waals surface area (Å²) in [5, 5.41) is 9.27. The zero-order chi connectivity index (χ0) is 28.4. The molecule has 0 aliphatic rings. The van der Waals surface area contributed by atoms with E-state index in [4.69, 9.17) is 14.2 Å². The van der Waals surface area contributed by atoms with Crippen LogP contribution in [-0.4, -0.2) is 37.2 Å². The zero-order valence-electron chi connectivity index (χ0n) is 21.8. The first-order valence-corrected chi connectivity index (χ1v) is 12.2. The lowest BCUT2D eigenvalue weighted by Crippen LogP contribution is -2.34. The summed E-state index contributed by atoms with van der Waals surface area (Å²) < 4.78 is 57.6. The Morgan fingerprint density at radius 3 is 2.38 bits per heavy atom. The SMILES string of the molecule is CCOC(=O)Cc1ccc(OC)c(-c2ccc(C(F)(F)F)cc2CN(CC)C(=NC#N)Oc2ccccc2)c1. The third-order valence-corrected chi connectivity index (χ3v) is 5.75. The molecule has 0 radical (unpaired) electrons. The highest BCUT2D eigenvalue weighted by Gasteiger charge is 2.32. The van der Waals surface area contributed by atoms with Gasteiger partial charge in [0.15, 0.2) is 0 Å². The van der Waals surface area contributed by atoms with Crippen LogP contribution in [0.3, 0.4) is 0 Å². The van der Waals surface area contributed by atoms with E-state index in [1.165, 1.54) is 13.2 Å². The first kappa shape index (κ1) is 29.0. The van der Waals surface area contributed by atoms with Gasteiger partial charge < -0.3 is 19.1 Å². The van der Waals surface area contributed by atoms with Gasteiger partial charge in [-0.25, -0.2) is 0 Å². The molecule has 0 bridgehead atoms. The van der Waals surface area contributed by atoms with Crippen LogP contribution in [0.4, 0.5) is 13.2 Å². The Kier molecular flexibility index (Phi) is 9.92. The summed E-state index contributed by atoms with van der Waals surface area (Å²) in [5.74, 6) is 0.412. The van der Waals surface area contributed by atoms with Crippen LogP contribution in [0.5, 0.6) is 11.5 Å². The van der Waals surface area contributed by atoms with E-state index in [1.54, 1.807) is 73.5 Å². The number of aliphatic imine (C=N–C) groups is 1. The van der Waals surface area contributed by atoms with Crippen LogP contribution in [0, 0.1) is 11.5 Å². The Balaban J connectivity index is 2.10. The van der Waals surface area contributed by atoms with Gasteiger partial charge in [0.25, 0.3) is 0 Å². The lowest BCUT2D eigenvalue weighted by molar-refractivity contribution is -0.142. The molecule has 0 heterocycles. The normalized spacial score (nSPS) is 11.5. The van der Waals surface area contributed by atoms with E-state index in [-0.39, 0.29) is 32.1 Å². The number of methoxy groups -OCH3 is 1. The van der Waals surface area contributed by atoms with Crippen LogP contribution in [0.15, 0.2) is 71.7 Å². The number of hydrogen-bond donors (Lipinski definition) is 0. The fourth-order valence-electron chi connectivity index (χ4n) is 3.93. The molecule has 10 heteroatoms. The number of alkyl halides is 3. The highest BCUT2D eigenvalue weighted by molar-refractivity contribution is 5.80. The Bertz CT molecular complexity index is 1350. The van der Waals surface area contributed by atoms with Gasteiger partial charge in [-0.15, -0.1) is 4.99 Å². The minimum Gasteiger partial charge on any atom is -0.496 e. The minimum absolute atomic E-state index is 0.00816. The van der Waals surface area contributed by atoms with Crippen molar-refractivity contribution >= 4 is 12.0 Å². The smallest absolute Gasteiger partial charge is 0.416 e. The van der Waals surface area contributed by atoms with Crippen LogP contribution >= 0.6 is 0 Å². The standard InChI is InChI=1S/C29H28F3N3O4/c1-4-35(28(34-19-33)39-23-9-7-6-8-10-23)18-21-17-22(29(30,31)32)12-13-24(21)25-15-20(11-14-26(25)37-3)16-27(36)38-5-2/h6-15,17H,4-5,16,18H2,1-3H3. The molecule has 39 heavy (non-hydrogen) atoms. The topological polar surface area (TPSA) is 84.2 Å². The summed E-state index contributed by atoms with van der Waals surface area (Å²) in [7, 11) is 1.46. The molecule has 0 aliphatic carbocycles. The number of benzene rings is 3. The Morgan fingerprint density at radius 1 is 1.03 bits per heavy atom. The molecule has 0 N–H and O–H groups in total. The van der Waals surface area contributed by atoms with Crippen molar-refractivity contribution in [2.45, 2.75) is 33.0 Å². The minimum atomic E-state index is -4.58. The molecule has 0 saturated carbocycles. The summed E-state index contributed by atoms with van der Waals surface area (Å²) in [6.45, 7) is 3.93. The number of nitrogens with zero attached hydrogens (tertiary/aromatic N) is 3. The molecule has 0 unspecified atom stereocenters. The molecular formula is C29H28F3N3O4. The Labute approximate surface area is 225 Å². The average Bonchev–Trinajstić information content (AvgIpc) is 2.91. The van der Waals surface area contributed by atoms with Crippen molar-refractivity contribution in [1.29, 1.82) is 5.26 Å². The van der Waals surface area contributed by atoms with Gasteiger partial charge in [0.1, 0.15) is 11.5 Å². The van der Waals surface area contributed by atoms with E-state index >= 15 is 0 Å². The van der Waals surface area contributed by atoms with Gasteiger partial charge in [-0.3, -0.25) is 4.79 Å². The number of hydrogen-bond acceptors (Lipinski definition) is 6. The summed E-state index contributed by atoms with van der Waals surface area (Å²) in [6.07, 6.45) is -2.88. The van der Waals surface area contributed by atoms with Crippen LogP contribution in [0.1, 0.15) is 30.5 Å². The molecular weight excluding hydrogens is 511 g/mol. The van der Waals surface area contributed by atoms with Crippen molar-refractivity contribution < 1.29 is 32.2 Å². The predicted molar refractivity (Wildman–Crippen MR) is 140 cm³/mol. The number of halogens is 3. The van der Waals surface area contributed by atoms with Crippen molar-refractivity contribution in [2.75, 3.05) is 20.3 Å². The summed E-state index contributed by atoms with van der Waals surface area (Å²) in [6, 6.07) is 17.1. The monoisotopic (exact) mass is 539 g/mol. The first-order valence-electron chi connectivity index (χ1n) is 12.2. The van der Waals surface area contributed by atoms with E-state index in [0.29, 0.717) is 33.8 Å². The van der Waals surface area contributed by atoms with Crippen LogP contribution in [-0.2, 0) is 28.7 Å². The van der Waals surface area contributed by atoms with E-state index in [9.17, 15) is 23.2 Å². The second-order valence-corrected chi connectivity index (χ2v) is 8.31. The van der Waals surface area contributed by atoms with Crippen molar-refractivity contribution in [3.05, 3.63) is 83.4 Å². The number of rotatable bonds is 9. The molecule has 3 rings (SSSR count). The number of amidine groups is 1. The maximum Gasteiger partial charge on any atom is 0.416 e.